The molecule has 2 rings (SSSR count). The Morgan fingerprint density at radius 1 is 1.21 bits per heavy atom. The highest BCUT2D eigenvalue weighted by Gasteiger charge is 2.20. The Morgan fingerprint density at radius 2 is 1.84 bits per heavy atom. The van der Waals surface area contributed by atoms with Crippen molar-refractivity contribution in [2.75, 3.05) is 34.4 Å². The Kier molecular flexibility index (Phi) is 5.05. The summed E-state index contributed by atoms with van der Waals surface area (Å²) >= 11 is 0. The van der Waals surface area contributed by atoms with Crippen molar-refractivity contribution in [3.8, 4) is 11.5 Å². The summed E-state index contributed by atoms with van der Waals surface area (Å²) in [4.78, 5) is 2.29. The van der Waals surface area contributed by atoms with Gasteiger partial charge in [-0.05, 0) is 32.0 Å². The Morgan fingerprint density at radius 3 is 2.37 bits per heavy atom. The molecular formula is C15H24N2O2. The zero-order valence-corrected chi connectivity index (χ0v) is 12.1. The smallest absolute Gasteiger partial charge is 0.127 e. The van der Waals surface area contributed by atoms with E-state index in [9.17, 15) is 0 Å². The molecule has 0 aromatic heterocycles. The Bertz CT molecular complexity index is 383. The van der Waals surface area contributed by atoms with Crippen molar-refractivity contribution < 1.29 is 9.47 Å². The number of methoxy groups -OCH3 is 2. The van der Waals surface area contributed by atoms with Gasteiger partial charge in [0.1, 0.15) is 11.5 Å². The summed E-state index contributed by atoms with van der Waals surface area (Å²) in [6.07, 6.45) is 2.67. The number of hydrogen-bond acceptors (Lipinski definition) is 4. The van der Waals surface area contributed by atoms with Gasteiger partial charge >= 0.3 is 0 Å². The highest BCUT2D eigenvalue weighted by atomic mass is 16.5. The average Bonchev–Trinajstić information content (AvgIpc) is 3.23. The first-order valence-electron chi connectivity index (χ1n) is 6.86. The maximum absolute atomic E-state index is 5.42. The van der Waals surface area contributed by atoms with Crippen LogP contribution in [0.15, 0.2) is 18.2 Å². The van der Waals surface area contributed by atoms with Crippen molar-refractivity contribution in [1.29, 1.82) is 0 Å². The summed E-state index contributed by atoms with van der Waals surface area (Å²) in [7, 11) is 5.53. The van der Waals surface area contributed by atoms with Crippen LogP contribution in [0, 0.1) is 0 Å². The van der Waals surface area contributed by atoms with Gasteiger partial charge in [-0.15, -0.1) is 0 Å². The highest BCUT2D eigenvalue weighted by Crippen LogP contribution is 2.29. The van der Waals surface area contributed by atoms with Crippen molar-refractivity contribution in [2.24, 2.45) is 0 Å². The van der Waals surface area contributed by atoms with Crippen molar-refractivity contribution in [1.82, 2.24) is 10.2 Å². The molecule has 0 radical (unpaired) electrons. The van der Waals surface area contributed by atoms with Crippen molar-refractivity contribution in [3.05, 3.63) is 23.8 Å². The highest BCUT2D eigenvalue weighted by molar-refractivity contribution is 5.44. The maximum atomic E-state index is 5.42. The van der Waals surface area contributed by atoms with Gasteiger partial charge in [0.15, 0.2) is 0 Å². The molecule has 0 amide bonds. The van der Waals surface area contributed by atoms with Crippen molar-refractivity contribution >= 4 is 0 Å². The lowest BCUT2D eigenvalue weighted by Gasteiger charge is -2.20. The molecule has 4 heteroatoms. The molecule has 0 bridgehead atoms. The minimum atomic E-state index is 0.772. The monoisotopic (exact) mass is 264 g/mol. The number of nitrogens with zero attached hydrogens (tertiary/aromatic N) is 1. The van der Waals surface area contributed by atoms with E-state index in [0.717, 1.165) is 42.7 Å². The van der Waals surface area contributed by atoms with Gasteiger partial charge in [0, 0.05) is 25.7 Å². The third kappa shape index (κ3) is 4.11. The zero-order chi connectivity index (χ0) is 13.7. The van der Waals surface area contributed by atoms with Crippen LogP contribution < -0.4 is 14.8 Å². The molecule has 0 atom stereocenters. The van der Waals surface area contributed by atoms with E-state index in [-0.39, 0.29) is 0 Å². The summed E-state index contributed by atoms with van der Waals surface area (Å²) in [6, 6.07) is 6.69. The number of rotatable bonds is 8. The lowest BCUT2D eigenvalue weighted by Crippen LogP contribution is -2.30. The number of hydrogen-bond donors (Lipinski definition) is 1. The van der Waals surface area contributed by atoms with Gasteiger partial charge in [0.05, 0.1) is 19.8 Å². The third-order valence-corrected chi connectivity index (χ3v) is 3.46. The minimum Gasteiger partial charge on any atom is -0.496 e. The second kappa shape index (κ2) is 6.78. The molecule has 1 aliphatic rings. The van der Waals surface area contributed by atoms with Gasteiger partial charge in [-0.3, -0.25) is 0 Å². The van der Waals surface area contributed by atoms with Crippen LogP contribution in [-0.4, -0.2) is 45.3 Å². The predicted octanol–water partition coefficient (Wildman–Crippen LogP) is 1.89. The fourth-order valence-corrected chi connectivity index (χ4v) is 2.18. The molecule has 1 aliphatic carbocycles. The fraction of sp³-hybridized carbons (Fsp3) is 0.600. The van der Waals surface area contributed by atoms with Crippen molar-refractivity contribution in [2.45, 2.75) is 25.4 Å². The summed E-state index contributed by atoms with van der Waals surface area (Å²) in [5.41, 5.74) is 1.11. The molecule has 0 unspecified atom stereocenters. The van der Waals surface area contributed by atoms with Gasteiger partial charge in [0.2, 0.25) is 0 Å². The second-order valence-electron chi connectivity index (χ2n) is 5.11. The largest absolute Gasteiger partial charge is 0.496 e. The SMILES string of the molecule is COc1cccc(OC)c1CN(C)CCNC1CC1. The number of likely N-dealkylation sites (N-methyl/N-ethyl adjacent to an activating group) is 1. The predicted molar refractivity (Wildman–Crippen MR) is 76.9 cm³/mol. The van der Waals surface area contributed by atoms with Crippen LogP contribution in [0.3, 0.4) is 0 Å². The van der Waals surface area contributed by atoms with E-state index < -0.39 is 0 Å². The first-order valence-corrected chi connectivity index (χ1v) is 6.86. The third-order valence-electron chi connectivity index (χ3n) is 3.46. The first kappa shape index (κ1) is 14.2. The Balaban J connectivity index is 1.91. The topological polar surface area (TPSA) is 33.7 Å². The summed E-state index contributed by atoms with van der Waals surface area (Å²) < 4.78 is 10.8. The first-order chi connectivity index (χ1) is 9.24. The second-order valence-corrected chi connectivity index (χ2v) is 5.11. The van der Waals surface area contributed by atoms with Gasteiger partial charge in [0.25, 0.3) is 0 Å². The number of ether oxygens (including phenoxy) is 2. The van der Waals surface area contributed by atoms with Crippen LogP contribution in [0.2, 0.25) is 0 Å². The molecule has 1 aromatic rings. The van der Waals surface area contributed by atoms with Gasteiger partial charge in [-0.2, -0.15) is 0 Å². The van der Waals surface area contributed by atoms with E-state index in [1.54, 1.807) is 14.2 Å². The minimum absolute atomic E-state index is 0.772. The van der Waals surface area contributed by atoms with Crippen LogP contribution in [0.4, 0.5) is 0 Å². The molecule has 1 N–H and O–H groups in total. The number of nitrogens with one attached hydrogen (secondary N) is 1. The lowest BCUT2D eigenvalue weighted by atomic mass is 10.1. The molecule has 0 saturated heterocycles. The molecule has 0 spiro atoms. The van der Waals surface area contributed by atoms with E-state index in [1.807, 2.05) is 18.2 Å². The summed E-state index contributed by atoms with van der Waals surface area (Å²) in [5, 5.41) is 3.53. The molecule has 0 heterocycles. The molecule has 4 nitrogen and oxygen atoms in total. The molecule has 106 valence electrons. The Labute approximate surface area is 115 Å². The van der Waals surface area contributed by atoms with Gasteiger partial charge in [-0.1, -0.05) is 6.07 Å². The molecule has 19 heavy (non-hydrogen) atoms. The molecule has 1 fully saturated rings. The standard InChI is InChI=1S/C15H24N2O2/c1-17(10-9-16-12-7-8-12)11-13-14(18-2)5-4-6-15(13)19-3/h4-6,12,16H,7-11H2,1-3H3. The van der Waals surface area contributed by atoms with Crippen LogP contribution in [0.25, 0.3) is 0 Å². The fourth-order valence-electron chi connectivity index (χ4n) is 2.18. The zero-order valence-electron chi connectivity index (χ0n) is 12.1. The van der Waals surface area contributed by atoms with Crippen LogP contribution in [-0.2, 0) is 6.54 Å². The number of benzene rings is 1. The maximum Gasteiger partial charge on any atom is 0.127 e. The van der Waals surface area contributed by atoms with Crippen LogP contribution >= 0.6 is 0 Å². The quantitative estimate of drug-likeness (QED) is 0.777. The van der Waals surface area contributed by atoms with E-state index >= 15 is 0 Å². The molecule has 1 saturated carbocycles. The van der Waals surface area contributed by atoms with Crippen LogP contribution in [0.5, 0.6) is 11.5 Å². The average molecular weight is 264 g/mol. The van der Waals surface area contributed by atoms with Gasteiger partial charge in [-0.25, -0.2) is 0 Å². The summed E-state index contributed by atoms with van der Waals surface area (Å²) in [5.74, 6) is 1.78. The van der Waals surface area contributed by atoms with Crippen molar-refractivity contribution in [3.63, 3.8) is 0 Å². The van der Waals surface area contributed by atoms with Gasteiger partial charge < -0.3 is 19.7 Å². The lowest BCUT2D eigenvalue weighted by molar-refractivity contribution is 0.305. The molecule has 0 aliphatic heterocycles. The van der Waals surface area contributed by atoms with E-state index in [0.29, 0.717) is 0 Å². The van der Waals surface area contributed by atoms with E-state index in [2.05, 4.69) is 17.3 Å². The van der Waals surface area contributed by atoms with E-state index in [1.165, 1.54) is 12.8 Å². The van der Waals surface area contributed by atoms with E-state index in [4.69, 9.17) is 9.47 Å². The van der Waals surface area contributed by atoms with Crippen LogP contribution in [0.1, 0.15) is 18.4 Å². The summed E-state index contributed by atoms with van der Waals surface area (Å²) in [6.45, 7) is 2.90. The Hall–Kier alpha value is -1.26. The molecular weight excluding hydrogens is 240 g/mol. The molecule has 1 aromatic carbocycles. The normalized spacial score (nSPS) is 14.7.